The van der Waals surface area contributed by atoms with Gasteiger partial charge < -0.3 is 20.5 Å². The number of primary amides is 1. The van der Waals surface area contributed by atoms with Gasteiger partial charge in [-0.05, 0) is 82.6 Å². The second kappa shape index (κ2) is 12.9. The molecule has 0 saturated heterocycles. The maximum atomic E-state index is 14.0. The molecule has 1 aromatic heterocycles. The highest BCUT2D eigenvalue weighted by Gasteiger charge is 2.57. The number of thiophene rings is 1. The lowest BCUT2D eigenvalue weighted by Gasteiger charge is -2.39. The van der Waals surface area contributed by atoms with Crippen molar-refractivity contribution in [3.8, 4) is 11.8 Å². The number of halogens is 3. The summed E-state index contributed by atoms with van der Waals surface area (Å²) >= 11 is 0.794. The number of nitrogens with one attached hydrogen (secondary N) is 1. The Morgan fingerprint density at radius 2 is 1.76 bits per heavy atom. The summed E-state index contributed by atoms with van der Waals surface area (Å²) < 4.78 is 46.7. The molecule has 3 aliphatic carbocycles. The molecule has 1 aromatic rings. The number of hydrogen-bond acceptors (Lipinski definition) is 6. The summed E-state index contributed by atoms with van der Waals surface area (Å²) in [5, 5.41) is 18.0. The molecule has 0 bridgehead atoms. The van der Waals surface area contributed by atoms with Crippen LogP contribution in [0.3, 0.4) is 0 Å². The minimum absolute atomic E-state index is 0.0840. The van der Waals surface area contributed by atoms with E-state index in [9.17, 15) is 32.7 Å². The molecule has 4 N–H and O–H groups in total. The van der Waals surface area contributed by atoms with E-state index in [1.165, 1.54) is 12.1 Å². The molecular formula is C30H36F3N3O5S. The van der Waals surface area contributed by atoms with Crippen molar-refractivity contribution in [3.05, 3.63) is 28.0 Å². The first kappa shape index (κ1) is 31.6. The zero-order valence-corrected chi connectivity index (χ0v) is 24.3. The summed E-state index contributed by atoms with van der Waals surface area (Å²) in [5.41, 5.74) is 3.17. The molecule has 0 radical (unpaired) electrons. The Bertz CT molecular complexity index is 1290. The van der Waals surface area contributed by atoms with Gasteiger partial charge in [-0.25, -0.2) is 4.79 Å². The molecule has 0 spiro atoms. The third-order valence-corrected chi connectivity index (χ3v) is 9.67. The van der Waals surface area contributed by atoms with E-state index in [1.807, 2.05) is 0 Å². The highest BCUT2D eigenvalue weighted by Crippen LogP contribution is 2.52. The fraction of sp³-hybridized carbons (Fsp3) is 0.600. The highest BCUT2D eigenvalue weighted by molar-refractivity contribution is 7.15. The predicted molar refractivity (Wildman–Crippen MR) is 152 cm³/mol. The van der Waals surface area contributed by atoms with Gasteiger partial charge in [0.1, 0.15) is 16.4 Å². The number of carbonyl (C=O) groups is 3. The molecule has 3 fully saturated rings. The van der Waals surface area contributed by atoms with Crippen molar-refractivity contribution in [2.75, 3.05) is 4.90 Å². The van der Waals surface area contributed by atoms with Crippen LogP contribution in [0.4, 0.5) is 18.9 Å². The van der Waals surface area contributed by atoms with Gasteiger partial charge in [-0.2, -0.15) is 13.2 Å². The lowest BCUT2D eigenvalue weighted by molar-refractivity contribution is -0.225. The van der Waals surface area contributed by atoms with Gasteiger partial charge in [-0.1, -0.05) is 18.8 Å². The van der Waals surface area contributed by atoms with Crippen LogP contribution in [0, 0.1) is 34.5 Å². The van der Waals surface area contributed by atoms with Crippen molar-refractivity contribution in [3.63, 3.8) is 0 Å². The minimum Gasteiger partial charge on any atom is -0.477 e. The third-order valence-electron chi connectivity index (χ3n) is 8.64. The van der Waals surface area contributed by atoms with Crippen LogP contribution in [0.5, 0.6) is 0 Å². The molecule has 8 nitrogen and oxygen atoms in total. The van der Waals surface area contributed by atoms with Crippen LogP contribution in [0.1, 0.15) is 92.1 Å². The summed E-state index contributed by atoms with van der Waals surface area (Å²) in [5.74, 6) is 2.87. The lowest BCUT2D eigenvalue weighted by atomic mass is 9.69. The monoisotopic (exact) mass is 607 g/mol. The van der Waals surface area contributed by atoms with Crippen molar-refractivity contribution in [1.82, 2.24) is 0 Å². The van der Waals surface area contributed by atoms with E-state index >= 15 is 0 Å². The number of hydrogen-bond donors (Lipinski definition) is 3. The van der Waals surface area contributed by atoms with Crippen molar-refractivity contribution in [2.45, 2.75) is 95.9 Å². The van der Waals surface area contributed by atoms with Crippen molar-refractivity contribution >= 4 is 40.7 Å². The molecule has 0 aliphatic heterocycles. The summed E-state index contributed by atoms with van der Waals surface area (Å²) in [6.07, 6.45) is 2.72. The van der Waals surface area contributed by atoms with Crippen LogP contribution in [0.15, 0.2) is 18.2 Å². The Labute approximate surface area is 247 Å². The first-order chi connectivity index (χ1) is 19.8. The minimum atomic E-state index is -4.47. The van der Waals surface area contributed by atoms with Gasteiger partial charge in [0, 0.05) is 24.1 Å². The topological polar surface area (TPSA) is 134 Å². The number of amides is 2. The molecule has 0 unspecified atom stereocenters. The number of ether oxygens (including phenoxy) is 1. The molecule has 1 heterocycles. The van der Waals surface area contributed by atoms with Crippen LogP contribution in [0.25, 0.3) is 0 Å². The lowest BCUT2D eigenvalue weighted by Crippen LogP contribution is -2.47. The molecular weight excluding hydrogens is 571 g/mol. The van der Waals surface area contributed by atoms with Crippen LogP contribution in [0.2, 0.25) is 0 Å². The summed E-state index contributed by atoms with van der Waals surface area (Å²) in [7, 11) is 0. The van der Waals surface area contributed by atoms with E-state index < -0.39 is 23.5 Å². The maximum absolute atomic E-state index is 14.0. The molecule has 0 atom stereocenters. The Balaban J connectivity index is 1.61. The Morgan fingerprint density at radius 1 is 1.12 bits per heavy atom. The van der Waals surface area contributed by atoms with Crippen LogP contribution in [-0.2, 0) is 14.3 Å². The number of aromatic carboxylic acids is 1. The quantitative estimate of drug-likeness (QED) is 0.151. The van der Waals surface area contributed by atoms with Crippen LogP contribution < -0.4 is 10.6 Å². The molecule has 12 heteroatoms. The summed E-state index contributed by atoms with van der Waals surface area (Å²) in [6.45, 7) is 2.14. The average molecular weight is 608 g/mol. The summed E-state index contributed by atoms with van der Waals surface area (Å²) in [6, 6.07) is 1.11. The number of anilines is 1. The molecule has 4 rings (SSSR count). The maximum Gasteiger partial charge on any atom is 0.405 e. The van der Waals surface area contributed by atoms with E-state index in [0.717, 1.165) is 30.3 Å². The van der Waals surface area contributed by atoms with Gasteiger partial charge in [0.25, 0.3) is 0 Å². The van der Waals surface area contributed by atoms with Gasteiger partial charge in [-0.15, -0.1) is 11.3 Å². The van der Waals surface area contributed by atoms with Crippen molar-refractivity contribution in [2.24, 2.45) is 23.0 Å². The Hall–Kier alpha value is -3.33. The first-order valence-electron chi connectivity index (χ1n) is 14.3. The second-order valence-corrected chi connectivity index (χ2v) is 12.7. The number of alkyl halides is 3. The first-order valence-corrected chi connectivity index (χ1v) is 15.1. The highest BCUT2D eigenvalue weighted by atomic mass is 32.1. The fourth-order valence-corrected chi connectivity index (χ4v) is 6.80. The Morgan fingerprint density at radius 3 is 2.29 bits per heavy atom. The molecule has 0 aromatic carbocycles. The van der Waals surface area contributed by atoms with Crippen LogP contribution >= 0.6 is 11.3 Å². The van der Waals surface area contributed by atoms with E-state index in [-0.39, 0.29) is 58.2 Å². The number of carbonyl (C=O) groups excluding carboxylic acids is 2. The average Bonchev–Trinajstić information content (AvgIpc) is 3.31. The molecule has 42 heavy (non-hydrogen) atoms. The molecule has 3 saturated carbocycles. The molecule has 3 aliphatic rings. The zero-order valence-electron chi connectivity index (χ0n) is 23.5. The van der Waals surface area contributed by atoms with Gasteiger partial charge in [0.15, 0.2) is 0 Å². The van der Waals surface area contributed by atoms with E-state index in [0.29, 0.717) is 50.9 Å². The fourth-order valence-electron chi connectivity index (χ4n) is 5.96. The predicted octanol–water partition coefficient (Wildman–Crippen LogP) is 6.04. The van der Waals surface area contributed by atoms with Crippen molar-refractivity contribution in [1.29, 1.82) is 5.41 Å². The third kappa shape index (κ3) is 7.17. The number of nitrogens with two attached hydrogens (primary N) is 1. The normalized spacial score (nSPS) is 25.5. The largest absolute Gasteiger partial charge is 0.477 e. The smallest absolute Gasteiger partial charge is 0.405 e. The second-order valence-electron chi connectivity index (χ2n) is 11.6. The SMILES string of the molecule is CC1CCC(C(=O)N(c2cc(C#CC3(C(F)(F)F)CCC3)sc2C(=O)O)C2CCC(OC(=N)/C=C\C(N)=O)CC2)CC1. The zero-order chi connectivity index (χ0) is 30.7. The molecule has 228 valence electrons. The van der Waals surface area contributed by atoms with E-state index in [1.54, 1.807) is 4.90 Å². The van der Waals surface area contributed by atoms with Gasteiger partial charge in [-0.3, -0.25) is 15.0 Å². The van der Waals surface area contributed by atoms with Crippen molar-refractivity contribution < 1.29 is 37.4 Å². The standard InChI is InChI=1S/C30H36F3N3O5S/c1-18-3-5-19(6-4-18)27(38)36(20-7-9-21(10-8-20)41-25(35)12-11-24(34)37)23-17-22(42-26(23)28(39)40)13-16-29(14-2-15-29)30(31,32)33/h11-12,17-21,35H,2-10,14-15H2,1H3,(H2,34,37)(H,39,40)/b12-11-,35-25?. The van der Waals surface area contributed by atoms with E-state index in [4.69, 9.17) is 15.9 Å². The van der Waals surface area contributed by atoms with Gasteiger partial charge in [0.05, 0.1) is 10.6 Å². The Kier molecular flexibility index (Phi) is 9.70. The number of carboxylic acid groups (broad SMARTS) is 1. The van der Waals surface area contributed by atoms with Gasteiger partial charge in [0.2, 0.25) is 17.7 Å². The molecule has 2 amide bonds. The van der Waals surface area contributed by atoms with Gasteiger partial charge >= 0.3 is 12.1 Å². The number of carboxylic acids is 1. The number of rotatable bonds is 7. The van der Waals surface area contributed by atoms with E-state index in [2.05, 4.69) is 18.8 Å². The summed E-state index contributed by atoms with van der Waals surface area (Å²) in [4.78, 5) is 38.9. The number of nitrogens with zero attached hydrogens (tertiary/aromatic N) is 1. The van der Waals surface area contributed by atoms with Crippen LogP contribution in [-0.4, -0.2) is 47.1 Å².